The molecule has 2 aromatic rings. The molecule has 0 radical (unpaired) electrons. The largest absolute Gasteiger partial charge is 0.396 e. The molecule has 1 aromatic heterocycles. The average Bonchev–Trinajstić information content (AvgIpc) is 3.21. The Balaban J connectivity index is 1.73. The molecule has 1 aliphatic heterocycles. The van der Waals surface area contributed by atoms with Crippen molar-refractivity contribution < 1.29 is 9.90 Å². The Morgan fingerprint density at radius 1 is 1.43 bits per heavy atom. The Morgan fingerprint density at radius 3 is 2.87 bits per heavy atom. The lowest BCUT2D eigenvalue weighted by molar-refractivity contribution is 0.0730. The predicted molar refractivity (Wildman–Crippen MR) is 88.4 cm³/mol. The number of benzene rings is 1. The van der Waals surface area contributed by atoms with Gasteiger partial charge in [0.2, 0.25) is 0 Å². The van der Waals surface area contributed by atoms with Crippen LogP contribution in [-0.4, -0.2) is 50.0 Å². The van der Waals surface area contributed by atoms with Crippen molar-refractivity contribution in [3.05, 3.63) is 41.5 Å². The molecule has 1 amide bonds. The Kier molecular flexibility index (Phi) is 4.97. The molecule has 0 bridgehead atoms. The van der Waals surface area contributed by atoms with Crippen LogP contribution in [0.5, 0.6) is 0 Å². The van der Waals surface area contributed by atoms with Gasteiger partial charge in [0.05, 0.1) is 12.6 Å². The van der Waals surface area contributed by atoms with E-state index in [1.54, 1.807) is 11.8 Å². The molecule has 6 nitrogen and oxygen atoms in total. The molecule has 1 saturated heterocycles. The van der Waals surface area contributed by atoms with Gasteiger partial charge in [-0.05, 0) is 44.0 Å². The van der Waals surface area contributed by atoms with Gasteiger partial charge in [-0.15, -0.1) is 11.8 Å². The fourth-order valence-electron chi connectivity index (χ4n) is 2.81. The number of rotatable bonds is 5. The van der Waals surface area contributed by atoms with E-state index in [-0.39, 0.29) is 18.6 Å². The first kappa shape index (κ1) is 16.0. The van der Waals surface area contributed by atoms with Crippen molar-refractivity contribution in [2.24, 2.45) is 0 Å². The molecule has 7 heteroatoms. The van der Waals surface area contributed by atoms with Crippen molar-refractivity contribution in [1.29, 1.82) is 0 Å². The number of aliphatic hydroxyl groups excluding tert-OH is 1. The molecule has 122 valence electrons. The number of aryl methyl sites for hydroxylation is 1. The number of carbonyl (C=O) groups is 1. The van der Waals surface area contributed by atoms with Crippen molar-refractivity contribution in [1.82, 2.24) is 20.1 Å². The second kappa shape index (κ2) is 7.14. The van der Waals surface area contributed by atoms with Crippen LogP contribution >= 0.6 is 11.8 Å². The van der Waals surface area contributed by atoms with Gasteiger partial charge in [-0.3, -0.25) is 9.89 Å². The van der Waals surface area contributed by atoms with Crippen LogP contribution < -0.4 is 0 Å². The number of likely N-dealkylation sites (tertiary alicyclic amines) is 1. The lowest BCUT2D eigenvalue weighted by atomic mass is 10.1. The van der Waals surface area contributed by atoms with Crippen LogP contribution in [0, 0.1) is 6.92 Å². The van der Waals surface area contributed by atoms with Crippen molar-refractivity contribution in [2.45, 2.75) is 30.7 Å². The zero-order valence-corrected chi connectivity index (χ0v) is 13.8. The number of nitrogens with one attached hydrogen (secondary N) is 1. The molecule has 1 atom stereocenters. The van der Waals surface area contributed by atoms with Crippen LogP contribution in [0.15, 0.2) is 29.2 Å². The normalized spacial score (nSPS) is 17.7. The zero-order valence-electron chi connectivity index (χ0n) is 13.0. The van der Waals surface area contributed by atoms with Crippen LogP contribution in [0.4, 0.5) is 0 Å². The number of aromatic amines is 1. The minimum atomic E-state index is -0.0455. The number of amides is 1. The number of hydrogen-bond acceptors (Lipinski definition) is 5. The highest BCUT2D eigenvalue weighted by molar-refractivity contribution is 7.99. The highest BCUT2D eigenvalue weighted by Gasteiger charge is 2.33. The molecule has 2 N–H and O–H groups in total. The van der Waals surface area contributed by atoms with Gasteiger partial charge in [0, 0.05) is 22.8 Å². The lowest BCUT2D eigenvalue weighted by Crippen LogP contribution is -2.31. The summed E-state index contributed by atoms with van der Waals surface area (Å²) in [6, 6.07) is 7.50. The standard InChI is InChI=1S/C16H20N4O2S/c1-11-17-15(19-18-11)14-3-2-8-20(14)16(22)12-4-6-13(7-5-12)23-10-9-21/h4-7,14,21H,2-3,8-10H2,1H3,(H,17,18,19)/t14-/m1/s1. The van der Waals surface area contributed by atoms with Gasteiger partial charge in [0.15, 0.2) is 5.82 Å². The summed E-state index contributed by atoms with van der Waals surface area (Å²) in [5, 5.41) is 15.9. The van der Waals surface area contributed by atoms with E-state index >= 15 is 0 Å². The minimum Gasteiger partial charge on any atom is -0.396 e. The van der Waals surface area contributed by atoms with E-state index in [2.05, 4.69) is 15.2 Å². The number of carbonyl (C=O) groups excluding carboxylic acids is 1. The third kappa shape index (κ3) is 3.56. The summed E-state index contributed by atoms with van der Waals surface area (Å²) >= 11 is 1.57. The number of aromatic nitrogens is 3. The number of aliphatic hydroxyl groups is 1. The van der Waals surface area contributed by atoms with Crippen molar-refractivity contribution in [3.63, 3.8) is 0 Å². The first-order valence-corrected chi connectivity index (χ1v) is 8.71. The molecule has 1 fully saturated rings. The summed E-state index contributed by atoms with van der Waals surface area (Å²) in [5.74, 6) is 2.15. The van der Waals surface area contributed by atoms with Gasteiger partial charge < -0.3 is 10.0 Å². The summed E-state index contributed by atoms with van der Waals surface area (Å²) in [6.07, 6.45) is 1.86. The molecule has 2 heterocycles. The van der Waals surface area contributed by atoms with E-state index in [0.717, 1.165) is 30.1 Å². The fraction of sp³-hybridized carbons (Fsp3) is 0.438. The molecule has 1 aromatic carbocycles. The zero-order chi connectivity index (χ0) is 16.2. The Morgan fingerprint density at radius 2 is 2.22 bits per heavy atom. The molecule has 0 aliphatic carbocycles. The van der Waals surface area contributed by atoms with Crippen LogP contribution in [-0.2, 0) is 0 Å². The van der Waals surface area contributed by atoms with Gasteiger partial charge in [0.25, 0.3) is 5.91 Å². The Bertz CT molecular complexity index is 671. The van der Waals surface area contributed by atoms with Crippen LogP contribution in [0.25, 0.3) is 0 Å². The highest BCUT2D eigenvalue weighted by atomic mass is 32.2. The number of H-pyrrole nitrogens is 1. The first-order chi connectivity index (χ1) is 11.2. The minimum absolute atomic E-state index is 0.0219. The van der Waals surface area contributed by atoms with E-state index in [4.69, 9.17) is 5.11 Å². The van der Waals surface area contributed by atoms with E-state index in [1.165, 1.54) is 0 Å². The van der Waals surface area contributed by atoms with Crippen molar-refractivity contribution in [2.75, 3.05) is 18.9 Å². The molecule has 0 saturated carbocycles. The lowest BCUT2D eigenvalue weighted by Gasteiger charge is -2.22. The Hall–Kier alpha value is -1.86. The third-order valence-electron chi connectivity index (χ3n) is 3.89. The summed E-state index contributed by atoms with van der Waals surface area (Å²) in [6.45, 7) is 2.75. The molecule has 1 aliphatic rings. The summed E-state index contributed by atoms with van der Waals surface area (Å²) in [5.41, 5.74) is 0.678. The molecule has 3 rings (SSSR count). The average molecular weight is 332 g/mol. The smallest absolute Gasteiger partial charge is 0.254 e. The molecule has 0 unspecified atom stereocenters. The maximum atomic E-state index is 12.8. The summed E-state index contributed by atoms with van der Waals surface area (Å²) in [7, 11) is 0. The van der Waals surface area contributed by atoms with Crippen LogP contribution in [0.2, 0.25) is 0 Å². The third-order valence-corrected chi connectivity index (χ3v) is 4.88. The maximum Gasteiger partial charge on any atom is 0.254 e. The molecular weight excluding hydrogens is 312 g/mol. The predicted octanol–water partition coefficient (Wildman–Crippen LogP) is 2.17. The van der Waals surface area contributed by atoms with Gasteiger partial charge in [-0.2, -0.15) is 5.10 Å². The van der Waals surface area contributed by atoms with Gasteiger partial charge in [-0.1, -0.05) is 0 Å². The van der Waals surface area contributed by atoms with Crippen molar-refractivity contribution >= 4 is 17.7 Å². The number of thioether (sulfide) groups is 1. The van der Waals surface area contributed by atoms with Crippen molar-refractivity contribution in [3.8, 4) is 0 Å². The monoisotopic (exact) mass is 332 g/mol. The van der Waals surface area contributed by atoms with Gasteiger partial charge in [0.1, 0.15) is 5.82 Å². The van der Waals surface area contributed by atoms with E-state index in [9.17, 15) is 4.79 Å². The summed E-state index contributed by atoms with van der Waals surface area (Å²) < 4.78 is 0. The highest BCUT2D eigenvalue weighted by Crippen LogP contribution is 2.31. The van der Waals surface area contributed by atoms with Gasteiger partial charge in [-0.25, -0.2) is 4.98 Å². The van der Waals surface area contributed by atoms with Crippen LogP contribution in [0.1, 0.15) is 40.9 Å². The topological polar surface area (TPSA) is 82.1 Å². The quantitative estimate of drug-likeness (QED) is 0.820. The van der Waals surface area contributed by atoms with E-state index in [0.29, 0.717) is 17.1 Å². The fourth-order valence-corrected chi connectivity index (χ4v) is 3.47. The molecular formula is C16H20N4O2S. The van der Waals surface area contributed by atoms with Gasteiger partial charge >= 0.3 is 0 Å². The van der Waals surface area contributed by atoms with E-state index in [1.807, 2.05) is 36.1 Å². The molecule has 0 spiro atoms. The Labute approximate surface area is 139 Å². The molecule has 23 heavy (non-hydrogen) atoms. The maximum absolute atomic E-state index is 12.8. The first-order valence-electron chi connectivity index (χ1n) is 7.72. The van der Waals surface area contributed by atoms with E-state index < -0.39 is 0 Å². The number of nitrogens with zero attached hydrogens (tertiary/aromatic N) is 3. The summed E-state index contributed by atoms with van der Waals surface area (Å²) in [4.78, 5) is 20.1. The second-order valence-electron chi connectivity index (χ2n) is 5.53. The SMILES string of the molecule is Cc1nc([C@H]2CCCN2C(=O)c2ccc(SCCO)cc2)n[nH]1. The second-order valence-corrected chi connectivity index (χ2v) is 6.70. The van der Waals surface area contributed by atoms with Crippen LogP contribution in [0.3, 0.4) is 0 Å². The number of hydrogen-bond donors (Lipinski definition) is 2.